The van der Waals surface area contributed by atoms with Crippen LogP contribution in [0.5, 0.6) is 0 Å². The molecule has 1 fully saturated rings. The van der Waals surface area contributed by atoms with Gasteiger partial charge in [0.15, 0.2) is 0 Å². The van der Waals surface area contributed by atoms with Crippen LogP contribution in [0.15, 0.2) is 24.5 Å². The van der Waals surface area contributed by atoms with E-state index in [9.17, 15) is 9.90 Å². The van der Waals surface area contributed by atoms with Crippen LogP contribution in [-0.2, 0) is 11.2 Å². The SMILES string of the molecule is O=C(CCc1cccnc1)NCC1CCCC1CO. The molecular formula is C15H22N2O2. The van der Waals surface area contributed by atoms with Gasteiger partial charge in [0.1, 0.15) is 0 Å². The van der Waals surface area contributed by atoms with Crippen LogP contribution >= 0.6 is 0 Å². The van der Waals surface area contributed by atoms with Crippen molar-refractivity contribution >= 4 is 5.91 Å². The van der Waals surface area contributed by atoms with E-state index in [0.29, 0.717) is 24.8 Å². The van der Waals surface area contributed by atoms with Gasteiger partial charge in [-0.2, -0.15) is 0 Å². The second-order valence-corrected chi connectivity index (χ2v) is 5.30. The minimum atomic E-state index is 0.0902. The summed E-state index contributed by atoms with van der Waals surface area (Å²) in [5.74, 6) is 0.915. The maximum absolute atomic E-state index is 11.8. The molecule has 0 saturated heterocycles. The smallest absolute Gasteiger partial charge is 0.220 e. The van der Waals surface area contributed by atoms with Crippen molar-refractivity contribution in [3.05, 3.63) is 30.1 Å². The molecule has 0 radical (unpaired) electrons. The lowest BCUT2D eigenvalue weighted by Gasteiger charge is -2.17. The number of aliphatic hydroxyl groups excluding tert-OH is 1. The first-order valence-corrected chi connectivity index (χ1v) is 7.06. The van der Waals surface area contributed by atoms with E-state index < -0.39 is 0 Å². The minimum absolute atomic E-state index is 0.0902. The Labute approximate surface area is 114 Å². The molecule has 1 saturated carbocycles. The summed E-state index contributed by atoms with van der Waals surface area (Å²) in [6.45, 7) is 0.952. The zero-order valence-electron chi connectivity index (χ0n) is 11.2. The molecule has 0 bridgehead atoms. The van der Waals surface area contributed by atoms with Crippen molar-refractivity contribution in [2.75, 3.05) is 13.2 Å². The molecule has 1 aliphatic rings. The lowest BCUT2D eigenvalue weighted by atomic mass is 9.97. The number of amides is 1. The molecule has 4 nitrogen and oxygen atoms in total. The number of aliphatic hydroxyl groups is 1. The van der Waals surface area contributed by atoms with Crippen LogP contribution < -0.4 is 5.32 Å². The van der Waals surface area contributed by atoms with Gasteiger partial charge in [0.2, 0.25) is 5.91 Å². The van der Waals surface area contributed by atoms with Crippen molar-refractivity contribution in [3.8, 4) is 0 Å². The summed E-state index contributed by atoms with van der Waals surface area (Å²) in [4.78, 5) is 15.8. The van der Waals surface area contributed by atoms with E-state index >= 15 is 0 Å². The summed E-state index contributed by atoms with van der Waals surface area (Å²) in [6, 6.07) is 3.87. The number of hydrogen-bond acceptors (Lipinski definition) is 3. The van der Waals surface area contributed by atoms with E-state index in [1.165, 1.54) is 6.42 Å². The van der Waals surface area contributed by atoms with Gasteiger partial charge in [0, 0.05) is 32.0 Å². The fraction of sp³-hybridized carbons (Fsp3) is 0.600. The summed E-state index contributed by atoms with van der Waals surface area (Å²) in [5.41, 5.74) is 1.09. The standard InChI is InChI=1S/C15H22N2O2/c18-11-14-5-1-4-13(14)10-17-15(19)7-6-12-3-2-8-16-9-12/h2-3,8-9,13-14,18H,1,4-7,10-11H2,(H,17,19). The predicted octanol–water partition coefficient (Wildman–Crippen LogP) is 1.54. The summed E-state index contributed by atoms with van der Waals surface area (Å²) in [6.07, 6.45) is 8.14. The molecule has 1 amide bonds. The highest BCUT2D eigenvalue weighted by Gasteiger charge is 2.26. The number of nitrogens with one attached hydrogen (secondary N) is 1. The third-order valence-electron chi connectivity index (χ3n) is 3.98. The molecule has 1 heterocycles. The van der Waals surface area contributed by atoms with E-state index in [4.69, 9.17) is 0 Å². The number of aryl methyl sites for hydroxylation is 1. The van der Waals surface area contributed by atoms with Crippen molar-refractivity contribution in [3.63, 3.8) is 0 Å². The zero-order chi connectivity index (χ0) is 13.5. The molecule has 1 aromatic heterocycles. The van der Waals surface area contributed by atoms with Crippen molar-refractivity contribution in [1.29, 1.82) is 0 Å². The van der Waals surface area contributed by atoms with E-state index in [0.717, 1.165) is 24.8 Å². The first-order chi connectivity index (χ1) is 9.29. The Kier molecular flexibility index (Phi) is 5.33. The molecule has 0 aliphatic heterocycles. The monoisotopic (exact) mass is 262 g/mol. The molecule has 19 heavy (non-hydrogen) atoms. The van der Waals surface area contributed by atoms with Crippen molar-refractivity contribution < 1.29 is 9.90 Å². The Hall–Kier alpha value is -1.42. The minimum Gasteiger partial charge on any atom is -0.396 e. The lowest BCUT2D eigenvalue weighted by molar-refractivity contribution is -0.121. The molecule has 1 aromatic rings. The van der Waals surface area contributed by atoms with Crippen molar-refractivity contribution in [1.82, 2.24) is 10.3 Å². The van der Waals surface area contributed by atoms with Crippen molar-refractivity contribution in [2.45, 2.75) is 32.1 Å². The molecule has 4 heteroatoms. The Bertz CT molecular complexity index is 394. The third-order valence-corrected chi connectivity index (χ3v) is 3.98. The highest BCUT2D eigenvalue weighted by molar-refractivity contribution is 5.76. The highest BCUT2D eigenvalue weighted by Crippen LogP contribution is 2.30. The molecule has 0 aromatic carbocycles. The maximum atomic E-state index is 11.8. The zero-order valence-corrected chi connectivity index (χ0v) is 11.2. The molecule has 2 N–H and O–H groups in total. The van der Waals surface area contributed by atoms with Crippen LogP contribution in [0.3, 0.4) is 0 Å². The van der Waals surface area contributed by atoms with Gasteiger partial charge in [-0.3, -0.25) is 9.78 Å². The number of rotatable bonds is 6. The van der Waals surface area contributed by atoms with E-state index in [1.807, 2.05) is 12.1 Å². The molecule has 2 unspecified atom stereocenters. The normalized spacial score (nSPS) is 22.4. The van der Waals surface area contributed by atoms with Gasteiger partial charge in [-0.1, -0.05) is 12.5 Å². The Morgan fingerprint density at radius 3 is 3.00 bits per heavy atom. The van der Waals surface area contributed by atoms with Gasteiger partial charge in [0.05, 0.1) is 0 Å². The van der Waals surface area contributed by atoms with Crippen LogP contribution in [0.1, 0.15) is 31.2 Å². The number of carbonyl (C=O) groups excluding carboxylic acids is 1. The number of carbonyl (C=O) groups is 1. The molecule has 104 valence electrons. The summed E-state index contributed by atoms with van der Waals surface area (Å²) in [5, 5.41) is 12.2. The van der Waals surface area contributed by atoms with Gasteiger partial charge < -0.3 is 10.4 Å². The molecule has 0 spiro atoms. The van der Waals surface area contributed by atoms with Gasteiger partial charge in [0.25, 0.3) is 0 Å². The second-order valence-electron chi connectivity index (χ2n) is 5.30. The number of nitrogens with zero attached hydrogens (tertiary/aromatic N) is 1. The van der Waals surface area contributed by atoms with Crippen LogP contribution in [0.4, 0.5) is 0 Å². The van der Waals surface area contributed by atoms with Gasteiger partial charge in [-0.15, -0.1) is 0 Å². The van der Waals surface area contributed by atoms with Crippen LogP contribution in [0.25, 0.3) is 0 Å². The Morgan fingerprint density at radius 2 is 2.26 bits per heavy atom. The quantitative estimate of drug-likeness (QED) is 0.817. The maximum Gasteiger partial charge on any atom is 0.220 e. The van der Waals surface area contributed by atoms with Crippen molar-refractivity contribution in [2.24, 2.45) is 11.8 Å². The second kappa shape index (κ2) is 7.24. The highest BCUT2D eigenvalue weighted by atomic mass is 16.3. The average Bonchev–Trinajstić information content (AvgIpc) is 2.91. The van der Waals surface area contributed by atoms with E-state index in [1.54, 1.807) is 12.4 Å². The summed E-state index contributed by atoms with van der Waals surface area (Å²) >= 11 is 0. The van der Waals surface area contributed by atoms with Crippen LogP contribution in [-0.4, -0.2) is 29.1 Å². The van der Waals surface area contributed by atoms with Gasteiger partial charge >= 0.3 is 0 Å². The molecular weight excluding hydrogens is 240 g/mol. The average molecular weight is 262 g/mol. The molecule has 1 aliphatic carbocycles. The third kappa shape index (κ3) is 4.31. The van der Waals surface area contributed by atoms with Gasteiger partial charge in [-0.25, -0.2) is 0 Å². The Morgan fingerprint density at radius 1 is 1.42 bits per heavy atom. The number of pyridine rings is 1. The van der Waals surface area contributed by atoms with E-state index in [-0.39, 0.29) is 12.5 Å². The number of aromatic nitrogens is 1. The first-order valence-electron chi connectivity index (χ1n) is 7.06. The molecule has 2 rings (SSSR count). The van der Waals surface area contributed by atoms with E-state index in [2.05, 4.69) is 10.3 Å². The summed E-state index contributed by atoms with van der Waals surface area (Å²) in [7, 11) is 0. The topological polar surface area (TPSA) is 62.2 Å². The fourth-order valence-electron chi connectivity index (χ4n) is 2.76. The number of hydrogen-bond donors (Lipinski definition) is 2. The summed E-state index contributed by atoms with van der Waals surface area (Å²) < 4.78 is 0. The molecule has 2 atom stereocenters. The Balaban J connectivity index is 1.67. The fourth-order valence-corrected chi connectivity index (χ4v) is 2.76. The predicted molar refractivity (Wildman–Crippen MR) is 73.5 cm³/mol. The largest absolute Gasteiger partial charge is 0.396 e. The van der Waals surface area contributed by atoms with Crippen LogP contribution in [0.2, 0.25) is 0 Å². The van der Waals surface area contributed by atoms with Gasteiger partial charge in [-0.05, 0) is 42.7 Å². The first kappa shape index (κ1) is 14.0. The van der Waals surface area contributed by atoms with Crippen LogP contribution in [0, 0.1) is 11.8 Å². The lowest BCUT2D eigenvalue weighted by Crippen LogP contribution is -2.31.